The van der Waals surface area contributed by atoms with Crippen LogP contribution in [0.1, 0.15) is 16.8 Å². The summed E-state index contributed by atoms with van der Waals surface area (Å²) >= 11 is 0. The van der Waals surface area contributed by atoms with Crippen LogP contribution in [0.2, 0.25) is 0 Å². The molecule has 10 heteroatoms. The van der Waals surface area contributed by atoms with Crippen molar-refractivity contribution in [3.8, 4) is 17.6 Å². The van der Waals surface area contributed by atoms with Crippen molar-refractivity contribution in [2.75, 3.05) is 63.8 Å². The fourth-order valence-electron chi connectivity index (χ4n) is 4.62. The normalized spacial score (nSPS) is 13.7. The quantitative estimate of drug-likeness (QED) is 0.313. The molecule has 2 aromatic heterocycles. The third kappa shape index (κ3) is 6.22. The van der Waals surface area contributed by atoms with E-state index in [1.165, 1.54) is 0 Å². The summed E-state index contributed by atoms with van der Waals surface area (Å²) < 4.78 is 16.8. The lowest BCUT2D eigenvalue weighted by molar-refractivity contribution is 0.144. The Morgan fingerprint density at radius 3 is 2.55 bits per heavy atom. The number of nitrogens with one attached hydrogen (secondary N) is 1. The first-order valence-electron chi connectivity index (χ1n) is 13.2. The second-order valence-corrected chi connectivity index (χ2v) is 9.60. The van der Waals surface area contributed by atoms with Gasteiger partial charge in [-0.25, -0.2) is 4.98 Å². The third-order valence-electron chi connectivity index (χ3n) is 6.93. The number of nitriles is 1. The molecule has 0 aliphatic carbocycles. The number of rotatable bonds is 10. The molecule has 0 radical (unpaired) electrons. The zero-order valence-electron chi connectivity index (χ0n) is 23.1. The first-order valence-corrected chi connectivity index (χ1v) is 13.2. The average molecular weight is 540 g/mol. The van der Waals surface area contributed by atoms with Crippen LogP contribution < -0.4 is 19.7 Å². The van der Waals surface area contributed by atoms with Gasteiger partial charge in [0, 0.05) is 69.0 Å². The molecule has 2 aromatic carbocycles. The zero-order valence-corrected chi connectivity index (χ0v) is 23.1. The van der Waals surface area contributed by atoms with Crippen LogP contribution in [0.5, 0.6) is 11.5 Å². The number of hydrogen-bond donors (Lipinski definition) is 1. The van der Waals surface area contributed by atoms with Gasteiger partial charge >= 0.3 is 0 Å². The molecule has 10 nitrogen and oxygen atoms in total. The molecule has 0 atom stereocenters. The van der Waals surface area contributed by atoms with Gasteiger partial charge in [0.2, 0.25) is 0 Å². The predicted molar refractivity (Wildman–Crippen MR) is 154 cm³/mol. The largest absolute Gasteiger partial charge is 0.493 e. The van der Waals surface area contributed by atoms with Crippen LogP contribution in [0.3, 0.4) is 0 Å². The Hall–Kier alpha value is -4.46. The van der Waals surface area contributed by atoms with Crippen LogP contribution >= 0.6 is 0 Å². The van der Waals surface area contributed by atoms with Crippen molar-refractivity contribution in [2.45, 2.75) is 13.5 Å². The van der Waals surface area contributed by atoms with E-state index in [4.69, 9.17) is 19.2 Å². The van der Waals surface area contributed by atoms with E-state index in [2.05, 4.69) is 31.2 Å². The molecule has 1 N–H and O–H groups in total. The number of methoxy groups -OCH3 is 2. The summed E-state index contributed by atoms with van der Waals surface area (Å²) in [5.41, 5.74) is 5.03. The minimum Gasteiger partial charge on any atom is -0.493 e. The van der Waals surface area contributed by atoms with Gasteiger partial charge in [-0.15, -0.1) is 0 Å². The highest BCUT2D eigenvalue weighted by Gasteiger charge is 2.20. The first-order chi connectivity index (χ1) is 19.6. The summed E-state index contributed by atoms with van der Waals surface area (Å²) in [4.78, 5) is 18.4. The fraction of sp³-hybridized carbons (Fsp3) is 0.333. The van der Waals surface area contributed by atoms with Crippen LogP contribution in [0, 0.1) is 18.3 Å². The zero-order chi connectivity index (χ0) is 27.9. The number of nitrogens with zero attached hydrogens (tertiary/aromatic N) is 6. The van der Waals surface area contributed by atoms with Gasteiger partial charge in [0.25, 0.3) is 0 Å². The van der Waals surface area contributed by atoms with Crippen LogP contribution in [0.4, 0.5) is 17.2 Å². The Kier molecular flexibility index (Phi) is 8.54. The van der Waals surface area contributed by atoms with E-state index in [1.807, 2.05) is 49.4 Å². The molecule has 4 aromatic rings. The van der Waals surface area contributed by atoms with Crippen LogP contribution in [0.15, 0.2) is 54.9 Å². The summed E-state index contributed by atoms with van der Waals surface area (Å²) in [5, 5.41) is 13.5. The third-order valence-corrected chi connectivity index (χ3v) is 6.93. The molecule has 5 rings (SSSR count). The lowest BCUT2D eigenvalue weighted by atomic mass is 10.1. The molecule has 40 heavy (non-hydrogen) atoms. The number of piperazine rings is 1. The smallest absolute Gasteiger partial charge is 0.162 e. The average Bonchev–Trinajstić information content (AvgIpc) is 3.00. The topological polar surface area (TPSA) is 109 Å². The molecule has 0 bridgehead atoms. The van der Waals surface area contributed by atoms with Crippen molar-refractivity contribution in [3.05, 3.63) is 71.7 Å². The summed E-state index contributed by atoms with van der Waals surface area (Å²) in [7, 11) is 3.33. The van der Waals surface area contributed by atoms with Gasteiger partial charge in [0.1, 0.15) is 29.6 Å². The standard InChI is InChI=1S/C30H33N7O3/c1-21-4-5-22(18-32-21)20-40-27-9-6-23(16-28(27)39-3)34-25-7-8-26-30(24(25)17-31)35-29(19-33-26)37-12-10-36(11-13-37)14-15-38-2/h4-9,16,18-19,34H,10-15,20H2,1-3H3. The molecule has 0 unspecified atom stereocenters. The van der Waals surface area contributed by atoms with E-state index in [0.29, 0.717) is 40.4 Å². The molecule has 206 valence electrons. The lowest BCUT2D eigenvalue weighted by Crippen LogP contribution is -2.47. The van der Waals surface area contributed by atoms with Gasteiger partial charge in [-0.3, -0.25) is 14.9 Å². The number of fused-ring (bicyclic) bond motifs is 1. The molecule has 1 aliphatic rings. The maximum Gasteiger partial charge on any atom is 0.162 e. The van der Waals surface area contributed by atoms with E-state index >= 15 is 0 Å². The van der Waals surface area contributed by atoms with E-state index in [9.17, 15) is 5.26 Å². The van der Waals surface area contributed by atoms with Crippen molar-refractivity contribution in [1.29, 1.82) is 5.26 Å². The SMILES string of the molecule is COCCN1CCN(c2cnc3ccc(Nc4ccc(OCc5ccc(C)nc5)c(OC)c4)c(C#N)c3n2)CC1. The summed E-state index contributed by atoms with van der Waals surface area (Å²) in [6, 6.07) is 15.6. The number of ether oxygens (including phenoxy) is 3. The van der Waals surface area contributed by atoms with E-state index < -0.39 is 0 Å². The second-order valence-electron chi connectivity index (χ2n) is 9.60. The molecule has 1 fully saturated rings. The summed E-state index contributed by atoms with van der Waals surface area (Å²) in [6.45, 7) is 7.52. The minimum absolute atomic E-state index is 0.378. The van der Waals surface area contributed by atoms with Gasteiger partial charge in [0.15, 0.2) is 11.5 Å². The Morgan fingerprint density at radius 1 is 0.975 bits per heavy atom. The Labute approximate surface area is 234 Å². The van der Waals surface area contributed by atoms with Crippen LogP contribution in [0.25, 0.3) is 11.0 Å². The number of benzene rings is 2. The molecule has 0 saturated carbocycles. The number of hydrogen-bond acceptors (Lipinski definition) is 10. The number of pyridine rings is 1. The van der Waals surface area contributed by atoms with E-state index in [0.717, 1.165) is 62.1 Å². The molecule has 0 spiro atoms. The van der Waals surface area contributed by atoms with Crippen molar-refractivity contribution in [3.63, 3.8) is 0 Å². The van der Waals surface area contributed by atoms with Crippen molar-refractivity contribution < 1.29 is 14.2 Å². The van der Waals surface area contributed by atoms with Crippen molar-refractivity contribution in [2.24, 2.45) is 0 Å². The Bertz CT molecular complexity index is 1500. The number of aryl methyl sites for hydroxylation is 1. The fourth-order valence-corrected chi connectivity index (χ4v) is 4.62. The minimum atomic E-state index is 0.378. The molecular weight excluding hydrogens is 506 g/mol. The van der Waals surface area contributed by atoms with Gasteiger partial charge in [-0.1, -0.05) is 6.07 Å². The highest BCUT2D eigenvalue weighted by Crippen LogP contribution is 2.34. The molecule has 1 saturated heterocycles. The van der Waals surface area contributed by atoms with Crippen molar-refractivity contribution in [1.82, 2.24) is 19.9 Å². The predicted octanol–water partition coefficient (Wildman–Crippen LogP) is 4.30. The number of anilines is 3. The highest BCUT2D eigenvalue weighted by atomic mass is 16.5. The van der Waals surface area contributed by atoms with E-state index in [1.54, 1.807) is 26.6 Å². The Balaban J connectivity index is 1.33. The van der Waals surface area contributed by atoms with Crippen LogP contribution in [-0.4, -0.2) is 73.4 Å². The van der Waals surface area contributed by atoms with Gasteiger partial charge in [-0.2, -0.15) is 5.26 Å². The number of aromatic nitrogens is 3. The molecular formula is C30H33N7O3. The lowest BCUT2D eigenvalue weighted by Gasteiger charge is -2.35. The first kappa shape index (κ1) is 27.1. The summed E-state index contributed by atoms with van der Waals surface area (Å²) in [5.74, 6) is 1.97. The molecule has 3 heterocycles. The summed E-state index contributed by atoms with van der Waals surface area (Å²) in [6.07, 6.45) is 3.59. The maximum absolute atomic E-state index is 10.1. The Morgan fingerprint density at radius 2 is 1.82 bits per heavy atom. The van der Waals surface area contributed by atoms with Gasteiger partial charge in [-0.05, 0) is 37.3 Å². The molecule has 1 aliphatic heterocycles. The van der Waals surface area contributed by atoms with Gasteiger partial charge in [0.05, 0.1) is 31.1 Å². The van der Waals surface area contributed by atoms with Gasteiger partial charge < -0.3 is 24.4 Å². The monoisotopic (exact) mass is 539 g/mol. The van der Waals surface area contributed by atoms with Crippen molar-refractivity contribution >= 4 is 28.2 Å². The molecule has 0 amide bonds. The van der Waals surface area contributed by atoms with Crippen LogP contribution in [-0.2, 0) is 11.3 Å². The maximum atomic E-state index is 10.1. The van der Waals surface area contributed by atoms with E-state index in [-0.39, 0.29) is 0 Å². The second kappa shape index (κ2) is 12.6. The highest BCUT2D eigenvalue weighted by molar-refractivity contribution is 5.89.